The Kier molecular flexibility index (Phi) is 5.25. The summed E-state index contributed by atoms with van der Waals surface area (Å²) >= 11 is 0. The van der Waals surface area contributed by atoms with Gasteiger partial charge in [0.15, 0.2) is 11.7 Å². The van der Waals surface area contributed by atoms with E-state index in [2.05, 4.69) is 16.4 Å². The molecule has 1 unspecified atom stereocenters. The second-order valence-electron chi connectivity index (χ2n) is 7.97. The first-order valence-corrected chi connectivity index (χ1v) is 10.6. The maximum atomic E-state index is 9.61. The molecule has 0 amide bonds. The molecule has 7 heteroatoms. The van der Waals surface area contributed by atoms with Crippen molar-refractivity contribution in [2.75, 3.05) is 25.6 Å². The highest BCUT2D eigenvalue weighted by atomic mass is 16.7. The van der Waals surface area contributed by atoms with E-state index in [1.165, 1.54) is 0 Å². The Morgan fingerprint density at radius 2 is 1.85 bits per heavy atom. The fourth-order valence-corrected chi connectivity index (χ4v) is 4.47. The van der Waals surface area contributed by atoms with Crippen molar-refractivity contribution in [3.63, 3.8) is 0 Å². The minimum absolute atomic E-state index is 0.426. The number of pyridine rings is 1. The summed E-state index contributed by atoms with van der Waals surface area (Å²) in [5.74, 6) is -0.0308. The summed E-state index contributed by atoms with van der Waals surface area (Å²) in [5, 5.41) is 14.1. The van der Waals surface area contributed by atoms with Crippen molar-refractivity contribution in [2.45, 2.75) is 18.2 Å². The van der Waals surface area contributed by atoms with Crippen molar-refractivity contribution in [3.05, 3.63) is 89.7 Å². The van der Waals surface area contributed by atoms with Gasteiger partial charge in [-0.1, -0.05) is 30.3 Å². The monoisotopic (exact) mass is 441 g/mol. The van der Waals surface area contributed by atoms with Crippen LogP contribution in [-0.4, -0.2) is 31.1 Å². The zero-order valence-electron chi connectivity index (χ0n) is 18.4. The minimum atomic E-state index is -1.14. The summed E-state index contributed by atoms with van der Waals surface area (Å²) in [6, 6.07) is 21.2. The van der Waals surface area contributed by atoms with Gasteiger partial charge < -0.3 is 23.9 Å². The van der Waals surface area contributed by atoms with Gasteiger partial charge in [-0.15, -0.1) is 0 Å². The number of hydrogen-bond acceptors (Lipinski definition) is 7. The highest BCUT2D eigenvalue weighted by Gasteiger charge is 2.56. The molecular weight excluding hydrogens is 418 g/mol. The molecule has 0 saturated carbocycles. The smallest absolute Gasteiger partial charge is 0.197 e. The zero-order valence-corrected chi connectivity index (χ0v) is 18.4. The number of nitrogens with zero attached hydrogens (tertiary/aromatic N) is 2. The zero-order chi connectivity index (χ0) is 22.9. The first-order valence-electron chi connectivity index (χ1n) is 10.6. The maximum absolute atomic E-state index is 9.61. The quantitative estimate of drug-likeness (QED) is 0.458. The van der Waals surface area contributed by atoms with Gasteiger partial charge in [-0.2, -0.15) is 5.26 Å². The van der Waals surface area contributed by atoms with Gasteiger partial charge in [0.1, 0.15) is 16.9 Å². The highest BCUT2D eigenvalue weighted by Crippen LogP contribution is 2.48. The molecule has 3 heterocycles. The summed E-state index contributed by atoms with van der Waals surface area (Å²) in [6.07, 6.45) is 3.38. The van der Waals surface area contributed by atoms with Crippen molar-refractivity contribution in [3.8, 4) is 11.8 Å². The summed E-state index contributed by atoms with van der Waals surface area (Å²) in [7, 11) is 1.59. The average Bonchev–Trinajstić information content (AvgIpc) is 3.49. The van der Waals surface area contributed by atoms with E-state index in [-0.39, 0.29) is 0 Å². The van der Waals surface area contributed by atoms with Crippen LogP contribution in [0.15, 0.2) is 77.5 Å². The largest absolute Gasteiger partial charge is 0.495 e. The Bertz CT molecular complexity index is 1300. The van der Waals surface area contributed by atoms with E-state index in [0.717, 1.165) is 22.1 Å². The number of fused-ring (bicyclic) bond motifs is 1. The Morgan fingerprint density at radius 3 is 2.61 bits per heavy atom. The van der Waals surface area contributed by atoms with Gasteiger partial charge in [0.05, 0.1) is 38.2 Å². The van der Waals surface area contributed by atoms with E-state index in [1.54, 1.807) is 25.6 Å². The van der Waals surface area contributed by atoms with Crippen molar-refractivity contribution in [2.24, 2.45) is 0 Å². The molecule has 1 N–H and O–H groups in total. The van der Waals surface area contributed by atoms with Crippen LogP contribution in [0.25, 0.3) is 11.0 Å². The molecule has 0 radical (unpaired) electrons. The van der Waals surface area contributed by atoms with Gasteiger partial charge in [0.2, 0.25) is 0 Å². The number of hydrogen-bond donors (Lipinski definition) is 1. The van der Waals surface area contributed by atoms with Gasteiger partial charge in [0, 0.05) is 23.2 Å². The molecule has 166 valence electrons. The fraction of sp³-hybridized carbons (Fsp3) is 0.231. The van der Waals surface area contributed by atoms with Crippen LogP contribution in [-0.2, 0) is 15.0 Å². The van der Waals surface area contributed by atoms with E-state index >= 15 is 0 Å². The minimum Gasteiger partial charge on any atom is -0.495 e. The molecule has 2 aromatic heterocycles. The molecule has 33 heavy (non-hydrogen) atoms. The number of furan rings is 1. The maximum Gasteiger partial charge on any atom is 0.197 e. The number of benzene rings is 2. The number of rotatable bonds is 6. The fourth-order valence-electron chi connectivity index (χ4n) is 4.47. The Hall–Kier alpha value is -3.86. The van der Waals surface area contributed by atoms with E-state index in [0.29, 0.717) is 30.4 Å². The summed E-state index contributed by atoms with van der Waals surface area (Å²) in [6.45, 7) is 2.74. The lowest BCUT2D eigenvalue weighted by atomic mass is 9.76. The SMILES string of the molecule is COc1cncc(C(Nc2cc3ccccc3o2)(c2cccc(C#N)c2)C2(C)OCCO2)c1. The van der Waals surface area contributed by atoms with Crippen LogP contribution in [0, 0.1) is 11.3 Å². The van der Waals surface area contributed by atoms with Crippen molar-refractivity contribution in [1.82, 2.24) is 4.98 Å². The van der Waals surface area contributed by atoms with Crippen LogP contribution >= 0.6 is 0 Å². The van der Waals surface area contributed by atoms with Crippen LogP contribution in [0.4, 0.5) is 5.88 Å². The molecule has 1 aliphatic rings. The van der Waals surface area contributed by atoms with Gasteiger partial charge in [-0.3, -0.25) is 4.98 Å². The van der Waals surface area contributed by atoms with Crippen LogP contribution in [0.3, 0.4) is 0 Å². The summed E-state index contributed by atoms with van der Waals surface area (Å²) in [5.41, 5.74) is 1.65. The third-order valence-electron chi connectivity index (χ3n) is 6.06. The third-order valence-corrected chi connectivity index (χ3v) is 6.06. The van der Waals surface area contributed by atoms with Gasteiger partial charge in [-0.05, 0) is 36.8 Å². The number of para-hydroxylation sites is 1. The summed E-state index contributed by atoms with van der Waals surface area (Å²) < 4.78 is 24.1. The van der Waals surface area contributed by atoms with Crippen LogP contribution in [0.2, 0.25) is 0 Å². The van der Waals surface area contributed by atoms with Crippen LogP contribution in [0.5, 0.6) is 5.75 Å². The van der Waals surface area contributed by atoms with E-state index < -0.39 is 11.3 Å². The first kappa shape index (κ1) is 21.0. The highest BCUT2D eigenvalue weighted by molar-refractivity contribution is 5.81. The van der Waals surface area contributed by atoms with E-state index in [9.17, 15) is 5.26 Å². The van der Waals surface area contributed by atoms with Gasteiger partial charge >= 0.3 is 0 Å². The van der Waals surface area contributed by atoms with E-state index in [4.69, 9.17) is 18.6 Å². The normalized spacial score (nSPS) is 16.8. The Morgan fingerprint density at radius 1 is 1.03 bits per heavy atom. The van der Waals surface area contributed by atoms with Crippen molar-refractivity contribution < 1.29 is 18.6 Å². The lowest BCUT2D eigenvalue weighted by Crippen LogP contribution is -2.56. The van der Waals surface area contributed by atoms with Crippen LogP contribution < -0.4 is 10.1 Å². The third kappa shape index (κ3) is 3.50. The Balaban J connectivity index is 1.79. The predicted molar refractivity (Wildman–Crippen MR) is 123 cm³/mol. The molecule has 5 rings (SSSR count). The molecule has 2 aromatic carbocycles. The number of nitriles is 1. The van der Waals surface area contributed by atoms with Crippen LogP contribution in [0.1, 0.15) is 23.6 Å². The number of ether oxygens (including phenoxy) is 3. The van der Waals surface area contributed by atoms with Crippen molar-refractivity contribution >= 4 is 16.9 Å². The average molecular weight is 441 g/mol. The van der Waals surface area contributed by atoms with E-state index in [1.807, 2.05) is 61.5 Å². The molecule has 4 aromatic rings. The lowest BCUT2D eigenvalue weighted by molar-refractivity contribution is -0.178. The molecular formula is C26H23N3O4. The second kappa shape index (κ2) is 8.24. The second-order valence-corrected chi connectivity index (χ2v) is 7.97. The Labute approximate surface area is 191 Å². The lowest BCUT2D eigenvalue weighted by Gasteiger charge is -2.45. The molecule has 7 nitrogen and oxygen atoms in total. The standard InChI is InChI=1S/C26H23N3O4/c1-25(31-10-11-32-25)26(20-8-5-6-18(12-20)15-27,21-14-22(30-2)17-28-16-21)29-24-13-19-7-3-4-9-23(19)33-24/h3-9,12-14,16-17,29H,10-11H2,1-2H3. The number of methoxy groups -OCH3 is 1. The molecule has 1 aliphatic heterocycles. The molecule has 0 spiro atoms. The molecule has 1 atom stereocenters. The van der Waals surface area contributed by atoms with Gasteiger partial charge in [-0.25, -0.2) is 0 Å². The van der Waals surface area contributed by atoms with Gasteiger partial charge in [0.25, 0.3) is 0 Å². The first-order chi connectivity index (χ1) is 16.1. The predicted octanol–water partition coefficient (Wildman–Crippen LogP) is 4.83. The summed E-state index contributed by atoms with van der Waals surface area (Å²) in [4.78, 5) is 4.40. The molecule has 1 fully saturated rings. The molecule has 1 saturated heterocycles. The molecule has 0 aliphatic carbocycles. The molecule has 0 bridgehead atoms. The number of anilines is 1. The number of aromatic nitrogens is 1. The topological polar surface area (TPSA) is 89.5 Å². The number of nitrogens with one attached hydrogen (secondary N) is 1. The van der Waals surface area contributed by atoms with Crippen molar-refractivity contribution in [1.29, 1.82) is 5.26 Å².